The second-order valence-electron chi connectivity index (χ2n) is 7.16. The summed E-state index contributed by atoms with van der Waals surface area (Å²) < 4.78 is 5.50. The molecule has 0 radical (unpaired) electrons. The number of methoxy groups -OCH3 is 1. The molecular weight excluding hydrogens is 366 g/mol. The quantitative estimate of drug-likeness (QED) is 0.306. The van der Waals surface area contributed by atoms with E-state index in [0.29, 0.717) is 23.4 Å². The molecule has 0 aromatic heterocycles. The molecule has 1 heterocycles. The van der Waals surface area contributed by atoms with Crippen LogP contribution in [-0.4, -0.2) is 35.4 Å². The van der Waals surface area contributed by atoms with Crippen molar-refractivity contribution in [2.45, 2.75) is 38.6 Å². The molecule has 152 valence electrons. The first-order valence-electron chi connectivity index (χ1n) is 10.1. The standard InChI is InChI=1S/C24H27NO4/c1-3-4-5-11-16-25-21(18-14-9-10-15-19(18)29-2)20(23(27)24(25)28)22(26)17-12-7-6-8-13-17/h6-10,12-15,21,26H,3-5,11,16H2,1-2H3/b22-20+. The van der Waals surface area contributed by atoms with Crippen LogP contribution in [0.15, 0.2) is 60.2 Å². The molecule has 1 saturated heterocycles. The van der Waals surface area contributed by atoms with Crippen LogP contribution in [-0.2, 0) is 9.59 Å². The Balaban J connectivity index is 2.10. The van der Waals surface area contributed by atoms with Gasteiger partial charge in [-0.15, -0.1) is 0 Å². The molecule has 0 spiro atoms. The number of ether oxygens (including phenoxy) is 1. The number of amides is 1. The highest BCUT2D eigenvalue weighted by atomic mass is 16.5. The summed E-state index contributed by atoms with van der Waals surface area (Å²) in [6, 6.07) is 15.5. The van der Waals surface area contributed by atoms with Gasteiger partial charge in [0.2, 0.25) is 0 Å². The fourth-order valence-corrected chi connectivity index (χ4v) is 3.79. The van der Waals surface area contributed by atoms with Gasteiger partial charge in [0.1, 0.15) is 11.5 Å². The van der Waals surface area contributed by atoms with Crippen LogP contribution >= 0.6 is 0 Å². The summed E-state index contributed by atoms with van der Waals surface area (Å²) in [5.74, 6) is -0.805. The highest BCUT2D eigenvalue weighted by Crippen LogP contribution is 2.42. The average Bonchev–Trinajstić information content (AvgIpc) is 3.01. The third-order valence-electron chi connectivity index (χ3n) is 5.27. The van der Waals surface area contributed by atoms with E-state index in [0.717, 1.165) is 25.7 Å². The van der Waals surface area contributed by atoms with Crippen molar-refractivity contribution in [1.82, 2.24) is 4.90 Å². The maximum atomic E-state index is 13.0. The van der Waals surface area contributed by atoms with Crippen molar-refractivity contribution >= 4 is 17.4 Å². The van der Waals surface area contributed by atoms with Crippen LogP contribution in [0.4, 0.5) is 0 Å². The second-order valence-corrected chi connectivity index (χ2v) is 7.16. The number of aliphatic hydroxyl groups excluding tert-OH is 1. The molecule has 1 unspecified atom stereocenters. The van der Waals surface area contributed by atoms with E-state index in [-0.39, 0.29) is 11.3 Å². The van der Waals surface area contributed by atoms with Gasteiger partial charge >= 0.3 is 0 Å². The number of aliphatic hydroxyl groups is 1. The predicted octanol–water partition coefficient (Wildman–Crippen LogP) is 4.70. The van der Waals surface area contributed by atoms with E-state index in [1.165, 1.54) is 0 Å². The molecule has 1 N–H and O–H groups in total. The van der Waals surface area contributed by atoms with E-state index < -0.39 is 17.7 Å². The fourth-order valence-electron chi connectivity index (χ4n) is 3.79. The van der Waals surface area contributed by atoms with E-state index in [9.17, 15) is 14.7 Å². The lowest BCUT2D eigenvalue weighted by atomic mass is 9.94. The first-order chi connectivity index (χ1) is 14.1. The molecule has 3 rings (SSSR count). The van der Waals surface area contributed by atoms with Gasteiger partial charge in [0.25, 0.3) is 11.7 Å². The minimum Gasteiger partial charge on any atom is -0.507 e. The number of nitrogens with zero attached hydrogens (tertiary/aromatic N) is 1. The Hall–Kier alpha value is -3.08. The van der Waals surface area contributed by atoms with Gasteiger partial charge in [-0.1, -0.05) is 74.7 Å². The summed E-state index contributed by atoms with van der Waals surface area (Å²) in [6.45, 7) is 2.58. The van der Waals surface area contributed by atoms with Gasteiger partial charge in [-0.3, -0.25) is 9.59 Å². The summed E-state index contributed by atoms with van der Waals surface area (Å²) in [7, 11) is 1.56. The lowest BCUT2D eigenvalue weighted by molar-refractivity contribution is -0.139. The second kappa shape index (κ2) is 9.41. The first-order valence-corrected chi connectivity index (χ1v) is 10.1. The van der Waals surface area contributed by atoms with Gasteiger partial charge < -0.3 is 14.7 Å². The van der Waals surface area contributed by atoms with Gasteiger partial charge in [0, 0.05) is 17.7 Å². The van der Waals surface area contributed by atoms with Crippen LogP contribution in [0.3, 0.4) is 0 Å². The number of rotatable bonds is 8. The van der Waals surface area contributed by atoms with Crippen molar-refractivity contribution in [1.29, 1.82) is 0 Å². The topological polar surface area (TPSA) is 66.8 Å². The molecule has 2 aromatic rings. The zero-order valence-corrected chi connectivity index (χ0v) is 16.9. The Bertz CT molecular complexity index is 904. The first kappa shape index (κ1) is 20.6. The predicted molar refractivity (Wildman–Crippen MR) is 113 cm³/mol. The van der Waals surface area contributed by atoms with E-state index in [2.05, 4.69) is 6.92 Å². The Morgan fingerprint density at radius 1 is 1.00 bits per heavy atom. The number of ketones is 1. The van der Waals surface area contributed by atoms with Crippen LogP contribution in [0.1, 0.15) is 49.8 Å². The van der Waals surface area contributed by atoms with Crippen molar-refractivity contribution in [2.75, 3.05) is 13.7 Å². The zero-order valence-electron chi connectivity index (χ0n) is 16.9. The highest BCUT2D eigenvalue weighted by molar-refractivity contribution is 6.46. The molecule has 5 nitrogen and oxygen atoms in total. The SMILES string of the molecule is CCCCCCN1C(=O)C(=O)/C(=C(/O)c2ccccc2)C1c1ccccc1OC. The number of carbonyl (C=O) groups excluding carboxylic acids is 2. The van der Waals surface area contributed by atoms with Crippen molar-refractivity contribution in [3.05, 3.63) is 71.3 Å². The molecule has 5 heteroatoms. The van der Waals surface area contributed by atoms with Crippen molar-refractivity contribution < 1.29 is 19.4 Å². The molecule has 1 fully saturated rings. The number of benzene rings is 2. The van der Waals surface area contributed by atoms with Gasteiger partial charge in [-0.05, 0) is 12.5 Å². The van der Waals surface area contributed by atoms with Crippen LogP contribution in [0.2, 0.25) is 0 Å². The molecule has 1 atom stereocenters. The molecule has 0 bridgehead atoms. The number of hydrogen-bond acceptors (Lipinski definition) is 4. The lowest BCUT2D eigenvalue weighted by Crippen LogP contribution is -2.30. The van der Waals surface area contributed by atoms with Crippen LogP contribution < -0.4 is 4.74 Å². The normalized spacial score (nSPS) is 18.3. The van der Waals surface area contributed by atoms with Gasteiger partial charge in [-0.25, -0.2) is 0 Å². The Labute approximate surface area is 171 Å². The van der Waals surface area contributed by atoms with E-state index >= 15 is 0 Å². The van der Waals surface area contributed by atoms with Crippen molar-refractivity contribution in [2.24, 2.45) is 0 Å². The molecule has 1 amide bonds. The number of carbonyl (C=O) groups is 2. The molecule has 1 aliphatic rings. The number of unbranched alkanes of at least 4 members (excludes halogenated alkanes) is 3. The summed E-state index contributed by atoms with van der Waals surface area (Å²) in [5.41, 5.74) is 1.32. The minimum absolute atomic E-state index is 0.112. The number of para-hydroxylation sites is 1. The van der Waals surface area contributed by atoms with Crippen molar-refractivity contribution in [3.63, 3.8) is 0 Å². The Kier molecular flexibility index (Phi) is 6.70. The smallest absolute Gasteiger partial charge is 0.295 e. The molecule has 2 aromatic carbocycles. The monoisotopic (exact) mass is 393 g/mol. The van der Waals surface area contributed by atoms with Crippen LogP contribution in [0, 0.1) is 0 Å². The maximum Gasteiger partial charge on any atom is 0.295 e. The summed E-state index contributed by atoms with van der Waals surface area (Å²) in [6.07, 6.45) is 3.95. The Morgan fingerprint density at radius 3 is 2.38 bits per heavy atom. The third kappa shape index (κ3) is 4.19. The largest absolute Gasteiger partial charge is 0.507 e. The van der Waals surface area contributed by atoms with Crippen molar-refractivity contribution in [3.8, 4) is 5.75 Å². The van der Waals surface area contributed by atoms with Gasteiger partial charge in [0.15, 0.2) is 0 Å². The van der Waals surface area contributed by atoms with E-state index in [4.69, 9.17) is 4.74 Å². The molecule has 29 heavy (non-hydrogen) atoms. The third-order valence-corrected chi connectivity index (χ3v) is 5.27. The zero-order chi connectivity index (χ0) is 20.8. The summed E-state index contributed by atoms with van der Waals surface area (Å²) >= 11 is 0. The fraction of sp³-hybridized carbons (Fsp3) is 0.333. The summed E-state index contributed by atoms with van der Waals surface area (Å²) in [4.78, 5) is 27.4. The lowest BCUT2D eigenvalue weighted by Gasteiger charge is -2.26. The van der Waals surface area contributed by atoms with E-state index in [1.54, 1.807) is 42.3 Å². The molecule has 0 aliphatic carbocycles. The van der Waals surface area contributed by atoms with Gasteiger partial charge in [-0.2, -0.15) is 0 Å². The number of hydrogen-bond donors (Lipinski definition) is 1. The van der Waals surface area contributed by atoms with Crippen LogP contribution in [0.25, 0.3) is 5.76 Å². The number of Topliss-reactive ketones (excluding diaryl/α,β-unsaturated/α-hetero) is 1. The van der Waals surface area contributed by atoms with Crippen LogP contribution in [0.5, 0.6) is 5.75 Å². The summed E-state index contributed by atoms with van der Waals surface area (Å²) in [5, 5.41) is 11.0. The van der Waals surface area contributed by atoms with E-state index in [1.807, 2.05) is 24.3 Å². The van der Waals surface area contributed by atoms with Gasteiger partial charge in [0.05, 0.1) is 18.7 Å². The average molecular weight is 393 g/mol. The molecule has 1 aliphatic heterocycles. The number of likely N-dealkylation sites (tertiary alicyclic amines) is 1. The maximum absolute atomic E-state index is 13.0. The minimum atomic E-state index is -0.673. The molecule has 0 saturated carbocycles. The Morgan fingerprint density at radius 2 is 1.69 bits per heavy atom. The highest BCUT2D eigenvalue weighted by Gasteiger charge is 2.46. The molecular formula is C24H27NO4.